The van der Waals surface area contributed by atoms with Crippen LogP contribution in [0.3, 0.4) is 0 Å². The molecule has 0 nitrogen and oxygen atoms in total. The Bertz CT molecular complexity index is 1350. The Balaban J connectivity index is 1.87. The van der Waals surface area contributed by atoms with Gasteiger partial charge in [-0.3, -0.25) is 0 Å². The molecule has 0 aromatic heterocycles. The third-order valence-corrected chi connectivity index (χ3v) is 11.5. The summed E-state index contributed by atoms with van der Waals surface area (Å²) >= 11 is 0. The average molecular weight is 399 g/mol. The van der Waals surface area contributed by atoms with Crippen LogP contribution in [0.25, 0.3) is 21.9 Å². The van der Waals surface area contributed by atoms with Crippen LogP contribution in [-0.4, -0.2) is 8.07 Å². The van der Waals surface area contributed by atoms with E-state index in [0.29, 0.717) is 0 Å². The molecule has 0 atom stereocenters. The van der Waals surface area contributed by atoms with Crippen LogP contribution in [0, 0.1) is 6.92 Å². The lowest BCUT2D eigenvalue weighted by molar-refractivity contribution is 1.51. The van der Waals surface area contributed by atoms with Crippen LogP contribution >= 0.6 is 0 Å². The lowest BCUT2D eigenvalue weighted by atomic mass is 10.0. The molecule has 1 aliphatic rings. The number of benzene rings is 5. The molecule has 5 aromatic rings. The van der Waals surface area contributed by atoms with E-state index in [1.54, 1.807) is 5.19 Å². The molecule has 1 heteroatoms. The van der Waals surface area contributed by atoms with E-state index in [-0.39, 0.29) is 0 Å². The van der Waals surface area contributed by atoms with E-state index in [9.17, 15) is 0 Å². The van der Waals surface area contributed by atoms with Gasteiger partial charge in [-0.05, 0) is 49.6 Å². The maximum absolute atomic E-state index is 2.41. The second-order valence-corrected chi connectivity index (χ2v) is 11.9. The maximum Gasteiger partial charge on any atom is 0.181 e. The van der Waals surface area contributed by atoms with Crippen molar-refractivity contribution in [3.05, 3.63) is 121 Å². The molecular weight excluding hydrogens is 376 g/mol. The van der Waals surface area contributed by atoms with Gasteiger partial charge in [-0.1, -0.05) is 121 Å². The summed E-state index contributed by atoms with van der Waals surface area (Å²) in [4.78, 5) is 0. The molecule has 0 bridgehead atoms. The highest BCUT2D eigenvalue weighted by Crippen LogP contribution is 2.32. The molecule has 0 fully saturated rings. The zero-order valence-electron chi connectivity index (χ0n) is 17.0. The molecule has 0 saturated heterocycles. The Morgan fingerprint density at radius 1 is 0.533 bits per heavy atom. The zero-order chi connectivity index (χ0) is 20.1. The predicted molar refractivity (Wildman–Crippen MR) is 131 cm³/mol. The Morgan fingerprint density at radius 2 is 1.17 bits per heavy atom. The van der Waals surface area contributed by atoms with Gasteiger partial charge < -0.3 is 0 Å². The van der Waals surface area contributed by atoms with Crippen LogP contribution in [0.4, 0.5) is 0 Å². The minimum Gasteiger partial charge on any atom is -0.0623 e. The molecule has 5 aromatic carbocycles. The van der Waals surface area contributed by atoms with E-state index in [4.69, 9.17) is 0 Å². The molecule has 142 valence electrons. The minimum absolute atomic E-state index is 1.31. The molecule has 0 amide bonds. The van der Waals surface area contributed by atoms with Gasteiger partial charge in [-0.15, -0.1) is 0 Å². The standard InChI is InChI=1S/C29H22Si/c1-21-16-18-25-22(20-21)17-19-27-26-14-8-9-15-28(26)30(29(25)27,23-10-4-2-5-11-23)24-12-6-3-7-13-24/h2-20H,1H3. The van der Waals surface area contributed by atoms with Gasteiger partial charge in [0.1, 0.15) is 0 Å². The number of hydrogen-bond acceptors (Lipinski definition) is 0. The second-order valence-electron chi connectivity index (χ2n) is 8.24. The first-order chi connectivity index (χ1) is 14.8. The first kappa shape index (κ1) is 17.4. The van der Waals surface area contributed by atoms with Crippen LogP contribution in [0.5, 0.6) is 0 Å². The van der Waals surface area contributed by atoms with Gasteiger partial charge in [0.2, 0.25) is 0 Å². The lowest BCUT2D eigenvalue weighted by Crippen LogP contribution is -2.72. The Kier molecular flexibility index (Phi) is 3.81. The third-order valence-electron chi connectivity index (χ3n) is 6.59. The molecule has 30 heavy (non-hydrogen) atoms. The lowest BCUT2D eigenvalue weighted by Gasteiger charge is -2.32. The van der Waals surface area contributed by atoms with Crippen LogP contribution in [-0.2, 0) is 0 Å². The fourth-order valence-electron chi connectivity index (χ4n) is 5.40. The average Bonchev–Trinajstić information content (AvgIpc) is 3.12. The zero-order valence-corrected chi connectivity index (χ0v) is 18.0. The number of hydrogen-bond donors (Lipinski definition) is 0. The normalized spacial score (nSPS) is 13.8. The highest BCUT2D eigenvalue weighted by molar-refractivity contribution is 7.23. The summed E-state index contributed by atoms with van der Waals surface area (Å²) in [5, 5.41) is 8.69. The molecule has 6 rings (SSSR count). The summed E-state index contributed by atoms with van der Waals surface area (Å²) in [6.07, 6.45) is 0. The van der Waals surface area contributed by atoms with E-state index in [0.717, 1.165) is 0 Å². The van der Waals surface area contributed by atoms with Gasteiger partial charge in [0.15, 0.2) is 8.07 Å². The fourth-order valence-corrected chi connectivity index (χ4v) is 10.8. The predicted octanol–water partition coefficient (Wildman–Crippen LogP) is 4.51. The van der Waals surface area contributed by atoms with Gasteiger partial charge in [-0.2, -0.15) is 0 Å². The molecule has 0 unspecified atom stereocenters. The van der Waals surface area contributed by atoms with Gasteiger partial charge in [0, 0.05) is 0 Å². The first-order valence-corrected chi connectivity index (χ1v) is 12.5. The van der Waals surface area contributed by atoms with Gasteiger partial charge in [0.05, 0.1) is 0 Å². The molecule has 1 aliphatic heterocycles. The van der Waals surface area contributed by atoms with Crippen molar-refractivity contribution < 1.29 is 0 Å². The van der Waals surface area contributed by atoms with Crippen LogP contribution in [0.2, 0.25) is 0 Å². The third kappa shape index (κ3) is 2.27. The van der Waals surface area contributed by atoms with Crippen molar-refractivity contribution in [1.82, 2.24) is 0 Å². The van der Waals surface area contributed by atoms with E-state index in [2.05, 4.69) is 122 Å². The summed E-state index contributed by atoms with van der Waals surface area (Å²) < 4.78 is 0. The van der Waals surface area contributed by atoms with Crippen molar-refractivity contribution in [2.75, 3.05) is 0 Å². The van der Waals surface area contributed by atoms with Crippen molar-refractivity contribution in [3.63, 3.8) is 0 Å². The molecule has 0 radical (unpaired) electrons. The maximum atomic E-state index is 2.38. The summed E-state index contributed by atoms with van der Waals surface area (Å²) in [5.41, 5.74) is 4.11. The quantitative estimate of drug-likeness (QED) is 0.377. The fraction of sp³-hybridized carbons (Fsp3) is 0.0345. The van der Waals surface area contributed by atoms with Crippen molar-refractivity contribution >= 4 is 39.6 Å². The van der Waals surface area contributed by atoms with Crippen LogP contribution in [0.15, 0.2) is 115 Å². The molecule has 0 aliphatic carbocycles. The van der Waals surface area contributed by atoms with Crippen molar-refractivity contribution in [2.45, 2.75) is 6.92 Å². The highest BCUT2D eigenvalue weighted by atomic mass is 28.3. The summed E-state index contributed by atoms with van der Waals surface area (Å²) in [5.74, 6) is 0. The summed E-state index contributed by atoms with van der Waals surface area (Å²) in [6.45, 7) is 2.18. The largest absolute Gasteiger partial charge is 0.181 e. The number of fused-ring (bicyclic) bond motifs is 5. The summed E-state index contributed by atoms with van der Waals surface area (Å²) in [7, 11) is -2.41. The van der Waals surface area contributed by atoms with Crippen molar-refractivity contribution in [2.24, 2.45) is 0 Å². The number of aryl methyl sites for hydroxylation is 1. The Labute approximate surface area is 178 Å². The molecular formula is C29H22Si. The topological polar surface area (TPSA) is 0 Å². The van der Waals surface area contributed by atoms with Crippen molar-refractivity contribution in [3.8, 4) is 11.1 Å². The van der Waals surface area contributed by atoms with Gasteiger partial charge in [0.25, 0.3) is 0 Å². The van der Waals surface area contributed by atoms with Crippen molar-refractivity contribution in [1.29, 1.82) is 0 Å². The van der Waals surface area contributed by atoms with Crippen LogP contribution in [0.1, 0.15) is 5.56 Å². The molecule has 0 N–H and O–H groups in total. The smallest absolute Gasteiger partial charge is 0.0623 e. The van der Waals surface area contributed by atoms with E-state index < -0.39 is 8.07 Å². The molecule has 0 spiro atoms. The van der Waals surface area contributed by atoms with Crippen LogP contribution < -0.4 is 20.7 Å². The molecule has 1 heterocycles. The minimum atomic E-state index is -2.41. The second kappa shape index (κ2) is 6.55. The summed E-state index contributed by atoms with van der Waals surface area (Å²) in [6, 6.07) is 43.1. The number of rotatable bonds is 2. The van der Waals surface area contributed by atoms with Gasteiger partial charge in [-0.25, -0.2) is 0 Å². The first-order valence-electron chi connectivity index (χ1n) is 10.5. The molecule has 0 saturated carbocycles. The van der Waals surface area contributed by atoms with Gasteiger partial charge >= 0.3 is 0 Å². The Hall–Kier alpha value is -3.42. The SMILES string of the molecule is Cc1ccc2c3c(ccc2c1)-c1ccccc1[Si]3(c1ccccc1)c1ccccc1. The highest BCUT2D eigenvalue weighted by Gasteiger charge is 2.49. The Morgan fingerprint density at radius 3 is 1.87 bits per heavy atom. The van der Waals surface area contributed by atoms with E-state index >= 15 is 0 Å². The monoisotopic (exact) mass is 398 g/mol. The van der Waals surface area contributed by atoms with E-state index in [1.165, 1.54) is 43.0 Å². The van der Waals surface area contributed by atoms with E-state index in [1.807, 2.05) is 0 Å².